The number of nitrogens with one attached hydrogen (secondary N) is 1. The molecule has 0 aliphatic carbocycles. The molecule has 184 valence electrons. The number of amides is 1. The zero-order chi connectivity index (χ0) is 26.0. The third-order valence-electron chi connectivity index (χ3n) is 5.33. The average molecular weight is 529 g/mol. The van der Waals surface area contributed by atoms with Crippen molar-refractivity contribution in [1.82, 2.24) is 0 Å². The Kier molecular flexibility index (Phi) is 8.83. The van der Waals surface area contributed by atoms with Crippen LogP contribution in [0, 0.1) is 11.3 Å². The molecule has 0 heterocycles. The first-order valence-electron chi connectivity index (χ1n) is 11.4. The van der Waals surface area contributed by atoms with Gasteiger partial charge in [-0.05, 0) is 60.2 Å². The Hall–Kier alpha value is -4.24. The molecule has 0 bridgehead atoms. The summed E-state index contributed by atoms with van der Waals surface area (Å²) in [5, 5.41) is 13.7. The molecule has 0 fully saturated rings. The van der Waals surface area contributed by atoms with E-state index in [0.29, 0.717) is 46.0 Å². The van der Waals surface area contributed by atoms with Crippen LogP contribution in [0.15, 0.2) is 103 Å². The second-order valence-electron chi connectivity index (χ2n) is 7.98. The fourth-order valence-electron chi connectivity index (χ4n) is 3.43. The van der Waals surface area contributed by atoms with Crippen molar-refractivity contribution in [2.24, 2.45) is 0 Å². The number of hydrogen-bond donors (Lipinski definition) is 1. The van der Waals surface area contributed by atoms with Crippen LogP contribution in [0.5, 0.6) is 11.5 Å². The molecular formula is C30H22Cl2N2O3. The van der Waals surface area contributed by atoms with E-state index in [9.17, 15) is 10.1 Å². The van der Waals surface area contributed by atoms with E-state index in [-0.39, 0.29) is 5.57 Å². The fraction of sp³-hybridized carbons (Fsp3) is 0.0667. The van der Waals surface area contributed by atoms with Gasteiger partial charge in [0.15, 0.2) is 0 Å². The molecule has 0 radical (unpaired) electrons. The van der Waals surface area contributed by atoms with Crippen molar-refractivity contribution >= 4 is 40.9 Å². The zero-order valence-corrected chi connectivity index (χ0v) is 21.2. The van der Waals surface area contributed by atoms with Crippen molar-refractivity contribution in [3.63, 3.8) is 0 Å². The second-order valence-corrected chi connectivity index (χ2v) is 8.83. The third kappa shape index (κ3) is 7.37. The standard InChI is InChI=1S/C30H22Cl2N2O3/c31-25-9-5-6-21(16-25)19-37-29-11-4-2-7-22(29)17-24(18-33)30(35)34-26-12-14-27(15-13-26)36-20-23-8-1-3-10-28(23)32/h1-17H,19-20H2,(H,34,35)/b24-17+. The lowest BCUT2D eigenvalue weighted by Gasteiger charge is -2.11. The van der Waals surface area contributed by atoms with E-state index in [1.165, 1.54) is 6.08 Å². The number of carbonyl (C=O) groups is 1. The highest BCUT2D eigenvalue weighted by Crippen LogP contribution is 2.24. The number of ether oxygens (including phenoxy) is 2. The molecule has 4 rings (SSSR count). The van der Waals surface area contributed by atoms with E-state index >= 15 is 0 Å². The quantitative estimate of drug-likeness (QED) is 0.178. The van der Waals surface area contributed by atoms with E-state index in [2.05, 4.69) is 5.32 Å². The molecular weight excluding hydrogens is 507 g/mol. The summed E-state index contributed by atoms with van der Waals surface area (Å²) in [5.74, 6) is 0.639. The summed E-state index contributed by atoms with van der Waals surface area (Å²) >= 11 is 12.2. The number of anilines is 1. The highest BCUT2D eigenvalue weighted by molar-refractivity contribution is 6.31. The van der Waals surface area contributed by atoms with Gasteiger partial charge in [0, 0.05) is 26.9 Å². The second kappa shape index (κ2) is 12.6. The predicted octanol–water partition coefficient (Wildman–Crippen LogP) is 7.70. The van der Waals surface area contributed by atoms with E-state index in [4.69, 9.17) is 32.7 Å². The largest absolute Gasteiger partial charge is 0.489 e. The summed E-state index contributed by atoms with van der Waals surface area (Å²) in [4.78, 5) is 12.8. The number of rotatable bonds is 9. The lowest BCUT2D eigenvalue weighted by atomic mass is 10.1. The SMILES string of the molecule is N#C/C(=C\c1ccccc1OCc1cccc(Cl)c1)C(=O)Nc1ccc(OCc2ccccc2Cl)cc1. The molecule has 0 saturated heterocycles. The molecule has 4 aromatic carbocycles. The number of nitriles is 1. The molecule has 7 heteroatoms. The van der Waals surface area contributed by atoms with Crippen LogP contribution in [0.25, 0.3) is 6.08 Å². The third-order valence-corrected chi connectivity index (χ3v) is 5.94. The summed E-state index contributed by atoms with van der Waals surface area (Å²) in [7, 11) is 0. The molecule has 1 amide bonds. The minimum absolute atomic E-state index is 0.0575. The van der Waals surface area contributed by atoms with Crippen molar-refractivity contribution in [2.75, 3.05) is 5.32 Å². The monoisotopic (exact) mass is 528 g/mol. The Morgan fingerprint density at radius 2 is 1.62 bits per heavy atom. The number of benzene rings is 4. The molecule has 0 aliphatic heterocycles. The molecule has 0 saturated carbocycles. The number of nitrogens with zero attached hydrogens (tertiary/aromatic N) is 1. The molecule has 0 aliphatic rings. The Bertz CT molecular complexity index is 1460. The van der Waals surface area contributed by atoms with Crippen LogP contribution in [-0.2, 0) is 18.0 Å². The first-order chi connectivity index (χ1) is 18.0. The van der Waals surface area contributed by atoms with E-state index in [1.807, 2.05) is 60.7 Å². The van der Waals surface area contributed by atoms with Gasteiger partial charge in [0.2, 0.25) is 0 Å². The molecule has 0 atom stereocenters. The van der Waals surface area contributed by atoms with Crippen LogP contribution in [-0.4, -0.2) is 5.91 Å². The summed E-state index contributed by atoms with van der Waals surface area (Å²) < 4.78 is 11.7. The molecule has 0 unspecified atom stereocenters. The van der Waals surface area contributed by atoms with E-state index in [0.717, 1.165) is 11.1 Å². The van der Waals surface area contributed by atoms with Gasteiger partial charge in [0.1, 0.15) is 36.4 Å². The maximum atomic E-state index is 12.8. The van der Waals surface area contributed by atoms with Crippen molar-refractivity contribution < 1.29 is 14.3 Å². The van der Waals surface area contributed by atoms with Crippen molar-refractivity contribution in [2.45, 2.75) is 13.2 Å². The van der Waals surface area contributed by atoms with Gasteiger partial charge in [-0.1, -0.05) is 71.7 Å². The van der Waals surface area contributed by atoms with Crippen molar-refractivity contribution in [1.29, 1.82) is 5.26 Å². The van der Waals surface area contributed by atoms with Crippen LogP contribution in [0.1, 0.15) is 16.7 Å². The maximum Gasteiger partial charge on any atom is 0.266 e. The van der Waals surface area contributed by atoms with Crippen LogP contribution in [0.2, 0.25) is 10.0 Å². The highest BCUT2D eigenvalue weighted by Gasteiger charge is 2.12. The van der Waals surface area contributed by atoms with Crippen LogP contribution >= 0.6 is 23.2 Å². The van der Waals surface area contributed by atoms with Crippen LogP contribution < -0.4 is 14.8 Å². The van der Waals surface area contributed by atoms with Gasteiger partial charge in [-0.25, -0.2) is 0 Å². The zero-order valence-electron chi connectivity index (χ0n) is 19.7. The van der Waals surface area contributed by atoms with Gasteiger partial charge in [0.25, 0.3) is 5.91 Å². The smallest absolute Gasteiger partial charge is 0.266 e. The molecule has 4 aromatic rings. The van der Waals surface area contributed by atoms with E-state index < -0.39 is 5.91 Å². The number of para-hydroxylation sites is 1. The summed E-state index contributed by atoms with van der Waals surface area (Å²) in [5.41, 5.74) is 2.87. The van der Waals surface area contributed by atoms with Crippen LogP contribution in [0.3, 0.4) is 0 Å². The van der Waals surface area contributed by atoms with Crippen molar-refractivity contribution in [3.8, 4) is 17.6 Å². The van der Waals surface area contributed by atoms with Gasteiger partial charge < -0.3 is 14.8 Å². The van der Waals surface area contributed by atoms with Gasteiger partial charge in [-0.15, -0.1) is 0 Å². The maximum absolute atomic E-state index is 12.8. The average Bonchev–Trinajstić information content (AvgIpc) is 2.91. The summed E-state index contributed by atoms with van der Waals surface area (Å²) in [6.45, 7) is 0.621. The minimum Gasteiger partial charge on any atom is -0.489 e. The topological polar surface area (TPSA) is 71.3 Å². The molecule has 0 spiro atoms. The normalized spacial score (nSPS) is 10.9. The fourth-order valence-corrected chi connectivity index (χ4v) is 3.84. The highest BCUT2D eigenvalue weighted by atomic mass is 35.5. The Morgan fingerprint density at radius 1 is 0.865 bits per heavy atom. The summed E-state index contributed by atoms with van der Waals surface area (Å²) in [6.07, 6.45) is 1.50. The minimum atomic E-state index is -0.531. The van der Waals surface area contributed by atoms with E-state index in [1.54, 1.807) is 42.5 Å². The van der Waals surface area contributed by atoms with Gasteiger partial charge in [-0.3, -0.25) is 4.79 Å². The summed E-state index contributed by atoms with van der Waals surface area (Å²) in [6, 6.07) is 30.9. The number of hydrogen-bond acceptors (Lipinski definition) is 4. The van der Waals surface area contributed by atoms with Gasteiger partial charge in [-0.2, -0.15) is 5.26 Å². The first kappa shape index (κ1) is 25.8. The van der Waals surface area contributed by atoms with Crippen LogP contribution in [0.4, 0.5) is 5.69 Å². The van der Waals surface area contributed by atoms with Crippen molar-refractivity contribution in [3.05, 3.63) is 129 Å². The molecule has 1 N–H and O–H groups in total. The molecule has 5 nitrogen and oxygen atoms in total. The Labute approximate surface area is 225 Å². The lowest BCUT2D eigenvalue weighted by Crippen LogP contribution is -2.13. The van der Waals surface area contributed by atoms with Gasteiger partial charge >= 0.3 is 0 Å². The number of halogens is 2. The Balaban J connectivity index is 1.40. The molecule has 37 heavy (non-hydrogen) atoms. The number of carbonyl (C=O) groups excluding carboxylic acids is 1. The lowest BCUT2D eigenvalue weighted by molar-refractivity contribution is -0.112. The molecule has 0 aromatic heterocycles. The van der Waals surface area contributed by atoms with Gasteiger partial charge in [0.05, 0.1) is 0 Å². The first-order valence-corrected chi connectivity index (χ1v) is 12.1. The predicted molar refractivity (Wildman–Crippen MR) is 147 cm³/mol. The Morgan fingerprint density at radius 3 is 2.38 bits per heavy atom.